The first-order chi connectivity index (χ1) is 15.6. The molecule has 5 rings (SSSR count). The van der Waals surface area contributed by atoms with Crippen molar-refractivity contribution in [2.24, 2.45) is 11.8 Å². The normalized spacial score (nSPS) is 24.9. The number of Topliss-reactive ketones (excluding diaryl/α,β-unsaturated/α-hetero) is 1. The second-order valence-corrected chi connectivity index (χ2v) is 9.20. The summed E-state index contributed by atoms with van der Waals surface area (Å²) in [4.78, 5) is 30.7. The standard InChI is InChI=1S/C25H23NO5S/c1-14-19(31-25(28)15-7-3-5-9-20(15)29-2)12-11-16-22(27)17(13-30-23(14)16)24-26-18-8-4-6-10-21(18)32-24/h3-10,13-14,16,19,23H,11-12H2,1-2H3. The van der Waals surface area contributed by atoms with Crippen LogP contribution in [-0.2, 0) is 14.3 Å². The Morgan fingerprint density at radius 3 is 2.72 bits per heavy atom. The fourth-order valence-electron chi connectivity index (χ4n) is 4.58. The number of fused-ring (bicyclic) bond motifs is 2. The predicted octanol–water partition coefficient (Wildman–Crippen LogP) is 4.89. The number of ether oxygens (including phenoxy) is 3. The number of hydrogen-bond donors (Lipinski definition) is 0. The number of nitrogens with zero attached hydrogens (tertiary/aromatic N) is 1. The molecule has 7 heteroatoms. The maximum absolute atomic E-state index is 13.3. The lowest BCUT2D eigenvalue weighted by atomic mass is 9.73. The van der Waals surface area contributed by atoms with Crippen molar-refractivity contribution in [2.75, 3.05) is 7.11 Å². The molecule has 1 fully saturated rings. The van der Waals surface area contributed by atoms with E-state index >= 15 is 0 Å². The molecule has 4 atom stereocenters. The number of aromatic nitrogens is 1. The molecule has 0 radical (unpaired) electrons. The highest BCUT2D eigenvalue weighted by atomic mass is 32.1. The number of para-hydroxylation sites is 2. The molecule has 3 aromatic rings. The first-order valence-electron chi connectivity index (χ1n) is 10.7. The second-order valence-electron chi connectivity index (χ2n) is 8.17. The largest absolute Gasteiger partial charge is 0.496 e. The van der Waals surface area contributed by atoms with E-state index in [1.165, 1.54) is 18.4 Å². The van der Waals surface area contributed by atoms with Crippen LogP contribution in [-0.4, -0.2) is 36.1 Å². The van der Waals surface area contributed by atoms with E-state index in [0.29, 0.717) is 34.7 Å². The number of hydrogen-bond acceptors (Lipinski definition) is 7. The van der Waals surface area contributed by atoms with E-state index < -0.39 is 5.97 Å². The number of carbonyl (C=O) groups is 2. The van der Waals surface area contributed by atoms with E-state index in [2.05, 4.69) is 4.98 Å². The Balaban J connectivity index is 1.34. The highest BCUT2D eigenvalue weighted by molar-refractivity contribution is 7.19. The van der Waals surface area contributed by atoms with Gasteiger partial charge in [-0.2, -0.15) is 0 Å². The van der Waals surface area contributed by atoms with Crippen LogP contribution in [0.25, 0.3) is 15.8 Å². The second kappa shape index (κ2) is 8.39. The average molecular weight is 450 g/mol. The van der Waals surface area contributed by atoms with E-state index in [1.807, 2.05) is 31.2 Å². The van der Waals surface area contributed by atoms with Gasteiger partial charge in [-0.05, 0) is 37.1 Å². The Hall–Kier alpha value is -3.19. The fraction of sp³-hybridized carbons (Fsp3) is 0.320. The molecule has 6 nitrogen and oxygen atoms in total. The van der Waals surface area contributed by atoms with Gasteiger partial charge < -0.3 is 14.2 Å². The van der Waals surface area contributed by atoms with Gasteiger partial charge in [-0.3, -0.25) is 4.79 Å². The number of esters is 1. The molecule has 2 heterocycles. The lowest BCUT2D eigenvalue weighted by Gasteiger charge is -2.41. The van der Waals surface area contributed by atoms with Crippen LogP contribution in [0.15, 0.2) is 54.8 Å². The number of carbonyl (C=O) groups excluding carboxylic acids is 2. The molecule has 2 aromatic carbocycles. The van der Waals surface area contributed by atoms with Gasteiger partial charge in [0.2, 0.25) is 0 Å². The highest BCUT2D eigenvalue weighted by Crippen LogP contribution is 2.41. The molecule has 1 aliphatic heterocycles. The molecule has 164 valence electrons. The zero-order valence-corrected chi connectivity index (χ0v) is 18.6. The van der Waals surface area contributed by atoms with E-state index in [-0.39, 0.29) is 29.8 Å². The molecule has 0 amide bonds. The Labute approximate surface area is 189 Å². The van der Waals surface area contributed by atoms with Crippen molar-refractivity contribution < 1.29 is 23.8 Å². The van der Waals surface area contributed by atoms with Crippen molar-refractivity contribution in [1.82, 2.24) is 4.98 Å². The van der Waals surface area contributed by atoms with Crippen molar-refractivity contribution in [3.05, 3.63) is 65.4 Å². The SMILES string of the molecule is COc1ccccc1C(=O)OC1CCC2C(=O)C(c3nc4ccccc4s3)=COC2C1C. The highest BCUT2D eigenvalue weighted by Gasteiger charge is 2.46. The summed E-state index contributed by atoms with van der Waals surface area (Å²) in [6, 6.07) is 14.8. The quantitative estimate of drug-likeness (QED) is 0.528. The molecule has 32 heavy (non-hydrogen) atoms. The molecule has 0 N–H and O–H groups in total. The first-order valence-corrected chi connectivity index (χ1v) is 11.5. The smallest absolute Gasteiger partial charge is 0.342 e. The zero-order valence-electron chi connectivity index (χ0n) is 17.8. The summed E-state index contributed by atoms with van der Waals surface area (Å²) < 4.78 is 18.2. The Kier molecular flexibility index (Phi) is 5.43. The number of methoxy groups -OCH3 is 1. The molecule has 1 saturated carbocycles. The van der Waals surface area contributed by atoms with Crippen LogP contribution in [0.5, 0.6) is 5.75 Å². The zero-order chi connectivity index (χ0) is 22.2. The van der Waals surface area contributed by atoms with E-state index in [9.17, 15) is 9.59 Å². The predicted molar refractivity (Wildman–Crippen MR) is 122 cm³/mol. The number of allylic oxidation sites excluding steroid dienone is 1. The van der Waals surface area contributed by atoms with E-state index in [0.717, 1.165) is 10.2 Å². The van der Waals surface area contributed by atoms with Crippen LogP contribution in [0.2, 0.25) is 0 Å². The Morgan fingerprint density at radius 1 is 1.12 bits per heavy atom. The van der Waals surface area contributed by atoms with E-state index in [1.54, 1.807) is 30.5 Å². The topological polar surface area (TPSA) is 74.7 Å². The summed E-state index contributed by atoms with van der Waals surface area (Å²) in [5, 5.41) is 0.687. The van der Waals surface area contributed by atoms with Gasteiger partial charge in [0.15, 0.2) is 5.78 Å². The Bertz CT molecular complexity index is 1180. The summed E-state index contributed by atoms with van der Waals surface area (Å²) in [6.07, 6.45) is 2.08. The summed E-state index contributed by atoms with van der Waals surface area (Å²) in [5.41, 5.74) is 1.80. The molecular weight excluding hydrogens is 426 g/mol. The first kappa shape index (κ1) is 20.7. The average Bonchev–Trinajstić information content (AvgIpc) is 3.25. The number of ketones is 1. The van der Waals surface area contributed by atoms with Crippen LogP contribution >= 0.6 is 11.3 Å². The molecule has 0 spiro atoms. The van der Waals surface area contributed by atoms with E-state index in [4.69, 9.17) is 14.2 Å². The van der Waals surface area contributed by atoms with Gasteiger partial charge in [-0.1, -0.05) is 31.2 Å². The van der Waals surface area contributed by atoms with Crippen molar-refractivity contribution in [3.8, 4) is 5.75 Å². The lowest BCUT2D eigenvalue weighted by molar-refractivity contribution is -0.131. The van der Waals surface area contributed by atoms with Gasteiger partial charge in [-0.15, -0.1) is 11.3 Å². The summed E-state index contributed by atoms with van der Waals surface area (Å²) in [5.74, 6) is -0.277. The van der Waals surface area contributed by atoms with Crippen LogP contribution in [0.1, 0.15) is 35.1 Å². The van der Waals surface area contributed by atoms with Crippen LogP contribution in [0, 0.1) is 11.8 Å². The number of benzene rings is 2. The summed E-state index contributed by atoms with van der Waals surface area (Å²) in [7, 11) is 1.52. The number of rotatable bonds is 4. The van der Waals surface area contributed by atoms with Gasteiger partial charge >= 0.3 is 5.97 Å². The monoisotopic (exact) mass is 449 g/mol. The third kappa shape index (κ3) is 3.56. The third-order valence-corrected chi connectivity index (χ3v) is 7.39. The fourth-order valence-corrected chi connectivity index (χ4v) is 5.55. The van der Waals surface area contributed by atoms with Gasteiger partial charge in [0, 0.05) is 5.92 Å². The third-order valence-electron chi connectivity index (χ3n) is 6.32. The minimum absolute atomic E-state index is 0.0571. The minimum Gasteiger partial charge on any atom is -0.496 e. The lowest BCUT2D eigenvalue weighted by Crippen LogP contribution is -2.48. The molecule has 0 saturated heterocycles. The van der Waals surface area contributed by atoms with Crippen LogP contribution in [0.3, 0.4) is 0 Å². The summed E-state index contributed by atoms with van der Waals surface area (Å²) in [6.45, 7) is 1.97. The molecular formula is C25H23NO5S. The van der Waals surface area contributed by atoms with Crippen molar-refractivity contribution >= 4 is 38.9 Å². The van der Waals surface area contributed by atoms with Crippen molar-refractivity contribution in [3.63, 3.8) is 0 Å². The maximum atomic E-state index is 13.3. The van der Waals surface area contributed by atoms with Crippen molar-refractivity contribution in [2.45, 2.75) is 32.0 Å². The molecule has 1 aromatic heterocycles. The van der Waals surface area contributed by atoms with Gasteiger partial charge in [0.25, 0.3) is 0 Å². The maximum Gasteiger partial charge on any atom is 0.342 e. The molecule has 0 bridgehead atoms. The Morgan fingerprint density at radius 2 is 1.91 bits per heavy atom. The molecule has 2 aliphatic rings. The molecule has 1 aliphatic carbocycles. The van der Waals surface area contributed by atoms with Gasteiger partial charge in [0.1, 0.15) is 28.5 Å². The van der Waals surface area contributed by atoms with Gasteiger partial charge in [0.05, 0.1) is 35.1 Å². The minimum atomic E-state index is -0.425. The van der Waals surface area contributed by atoms with Gasteiger partial charge in [-0.25, -0.2) is 9.78 Å². The molecule has 4 unspecified atom stereocenters. The number of thiazole rings is 1. The van der Waals surface area contributed by atoms with Crippen LogP contribution in [0.4, 0.5) is 0 Å². The van der Waals surface area contributed by atoms with Crippen LogP contribution < -0.4 is 4.74 Å². The van der Waals surface area contributed by atoms with Crippen molar-refractivity contribution in [1.29, 1.82) is 0 Å². The summed E-state index contributed by atoms with van der Waals surface area (Å²) >= 11 is 1.50.